The van der Waals surface area contributed by atoms with Crippen molar-refractivity contribution in [2.24, 2.45) is 5.73 Å². The van der Waals surface area contributed by atoms with Crippen LogP contribution < -0.4 is 5.73 Å². The lowest BCUT2D eigenvalue weighted by atomic mass is 10.2. The zero-order chi connectivity index (χ0) is 9.10. The highest BCUT2D eigenvalue weighted by molar-refractivity contribution is 5.85. The Morgan fingerprint density at radius 1 is 1.21 bits per heavy atom. The number of nitrogens with one attached hydrogen (secondary N) is 1. The van der Waals surface area contributed by atoms with E-state index in [0.717, 1.165) is 17.1 Å². The van der Waals surface area contributed by atoms with E-state index in [1.165, 1.54) is 0 Å². The summed E-state index contributed by atoms with van der Waals surface area (Å²) in [5.41, 5.74) is 7.60. The van der Waals surface area contributed by atoms with E-state index < -0.39 is 0 Å². The third-order valence-electron chi connectivity index (χ3n) is 1.91. The predicted octanol–water partition coefficient (Wildman–Crippen LogP) is 1.96. The van der Waals surface area contributed by atoms with Crippen LogP contribution in [0.2, 0.25) is 0 Å². The van der Waals surface area contributed by atoms with Crippen molar-refractivity contribution in [1.82, 2.24) is 9.97 Å². The van der Waals surface area contributed by atoms with Gasteiger partial charge in [0.05, 0.1) is 18.4 Å². The fourth-order valence-corrected chi connectivity index (χ4v) is 1.23. The molecular weight excluding hydrogens is 198 g/mol. The van der Waals surface area contributed by atoms with Crippen molar-refractivity contribution in [3.05, 3.63) is 42.4 Å². The topological polar surface area (TPSA) is 54.7 Å². The summed E-state index contributed by atoms with van der Waals surface area (Å²) in [5.74, 6) is 0.818. The highest BCUT2D eigenvalue weighted by atomic mass is 35.5. The summed E-state index contributed by atoms with van der Waals surface area (Å²) in [7, 11) is 0. The first-order valence-electron chi connectivity index (χ1n) is 4.19. The number of nitrogens with two attached hydrogens (primary N) is 1. The van der Waals surface area contributed by atoms with Gasteiger partial charge in [-0.05, 0) is 5.56 Å². The summed E-state index contributed by atoms with van der Waals surface area (Å²) in [5, 5.41) is 0. The third kappa shape index (κ3) is 2.13. The van der Waals surface area contributed by atoms with Crippen LogP contribution in [0.4, 0.5) is 0 Å². The molecule has 3 N–H and O–H groups in total. The number of aromatic amines is 1. The van der Waals surface area contributed by atoms with E-state index >= 15 is 0 Å². The quantitative estimate of drug-likeness (QED) is 0.795. The van der Waals surface area contributed by atoms with Gasteiger partial charge >= 0.3 is 0 Å². The number of imidazole rings is 1. The van der Waals surface area contributed by atoms with Gasteiger partial charge in [-0.25, -0.2) is 4.98 Å². The number of nitrogens with zero attached hydrogens (tertiary/aromatic N) is 1. The Hall–Kier alpha value is -1.32. The third-order valence-corrected chi connectivity index (χ3v) is 1.91. The van der Waals surface area contributed by atoms with Gasteiger partial charge in [0.25, 0.3) is 0 Å². The van der Waals surface area contributed by atoms with Crippen molar-refractivity contribution in [2.45, 2.75) is 6.54 Å². The van der Waals surface area contributed by atoms with Crippen LogP contribution >= 0.6 is 12.4 Å². The van der Waals surface area contributed by atoms with E-state index in [9.17, 15) is 0 Å². The van der Waals surface area contributed by atoms with Gasteiger partial charge in [-0.15, -0.1) is 12.4 Å². The average molecular weight is 210 g/mol. The van der Waals surface area contributed by atoms with Gasteiger partial charge < -0.3 is 10.7 Å². The first kappa shape index (κ1) is 10.8. The van der Waals surface area contributed by atoms with Gasteiger partial charge in [0.15, 0.2) is 0 Å². The van der Waals surface area contributed by atoms with Crippen molar-refractivity contribution < 1.29 is 0 Å². The lowest BCUT2D eigenvalue weighted by Crippen LogP contribution is -1.97. The largest absolute Gasteiger partial charge is 0.341 e. The average Bonchev–Trinajstić information content (AvgIpc) is 2.67. The molecule has 0 aliphatic carbocycles. The second kappa shape index (κ2) is 4.79. The van der Waals surface area contributed by atoms with E-state index in [4.69, 9.17) is 5.73 Å². The number of hydrogen-bond donors (Lipinski definition) is 2. The predicted molar refractivity (Wildman–Crippen MR) is 59.2 cm³/mol. The maximum Gasteiger partial charge on any atom is 0.120 e. The van der Waals surface area contributed by atoms with Gasteiger partial charge in [0.2, 0.25) is 0 Å². The number of H-pyrrole nitrogens is 1. The van der Waals surface area contributed by atoms with Gasteiger partial charge in [-0.3, -0.25) is 0 Å². The van der Waals surface area contributed by atoms with E-state index in [1.54, 1.807) is 6.20 Å². The molecule has 3 nitrogen and oxygen atoms in total. The molecular formula is C10H12ClN3. The minimum absolute atomic E-state index is 0. The summed E-state index contributed by atoms with van der Waals surface area (Å²) in [6, 6.07) is 10.1. The number of benzene rings is 1. The number of rotatable bonds is 2. The van der Waals surface area contributed by atoms with Crippen LogP contribution in [-0.4, -0.2) is 9.97 Å². The lowest BCUT2D eigenvalue weighted by Gasteiger charge is -1.94. The molecule has 0 spiro atoms. The second-order valence-corrected chi connectivity index (χ2v) is 2.81. The summed E-state index contributed by atoms with van der Waals surface area (Å²) < 4.78 is 0. The molecule has 0 unspecified atom stereocenters. The van der Waals surface area contributed by atoms with Crippen molar-refractivity contribution in [2.75, 3.05) is 0 Å². The molecule has 4 heteroatoms. The van der Waals surface area contributed by atoms with E-state index in [-0.39, 0.29) is 12.4 Å². The van der Waals surface area contributed by atoms with Crippen LogP contribution in [0.1, 0.15) is 5.82 Å². The molecule has 1 aromatic carbocycles. The summed E-state index contributed by atoms with van der Waals surface area (Å²) in [6.07, 6.45) is 1.80. The Morgan fingerprint density at radius 3 is 2.50 bits per heavy atom. The van der Waals surface area contributed by atoms with Crippen molar-refractivity contribution in [3.63, 3.8) is 0 Å². The Balaban J connectivity index is 0.000000980. The summed E-state index contributed by atoms with van der Waals surface area (Å²) >= 11 is 0. The Bertz CT molecular complexity index is 383. The number of aromatic nitrogens is 2. The van der Waals surface area contributed by atoms with Crippen molar-refractivity contribution in [3.8, 4) is 11.3 Å². The fraction of sp³-hybridized carbons (Fsp3) is 0.100. The first-order valence-corrected chi connectivity index (χ1v) is 4.19. The highest BCUT2D eigenvalue weighted by Gasteiger charge is 1.99. The smallest absolute Gasteiger partial charge is 0.120 e. The van der Waals surface area contributed by atoms with Gasteiger partial charge in [-0.1, -0.05) is 30.3 Å². The van der Waals surface area contributed by atoms with E-state index in [2.05, 4.69) is 9.97 Å². The SMILES string of the molecule is Cl.NCc1ncc(-c2ccccc2)[nH]1. The Kier molecular flexibility index (Phi) is 3.68. The molecule has 1 heterocycles. The van der Waals surface area contributed by atoms with Gasteiger partial charge in [0.1, 0.15) is 5.82 Å². The standard InChI is InChI=1S/C10H11N3.ClH/c11-6-10-12-7-9(13-10)8-4-2-1-3-5-8;/h1-5,7H,6,11H2,(H,12,13);1H. The minimum atomic E-state index is 0. The molecule has 0 aliphatic heterocycles. The number of halogens is 1. The van der Waals surface area contributed by atoms with E-state index in [0.29, 0.717) is 6.54 Å². The molecule has 0 fully saturated rings. The maximum atomic E-state index is 5.45. The van der Waals surface area contributed by atoms with Crippen LogP contribution in [0, 0.1) is 0 Å². The molecule has 2 rings (SSSR count). The first-order chi connectivity index (χ1) is 6.40. The van der Waals surface area contributed by atoms with Crippen LogP contribution in [-0.2, 0) is 6.54 Å². The molecule has 0 radical (unpaired) electrons. The van der Waals surface area contributed by atoms with Crippen molar-refractivity contribution in [1.29, 1.82) is 0 Å². The fourth-order valence-electron chi connectivity index (χ4n) is 1.23. The maximum absolute atomic E-state index is 5.45. The summed E-state index contributed by atoms with van der Waals surface area (Å²) in [4.78, 5) is 7.27. The van der Waals surface area contributed by atoms with Crippen LogP contribution in [0.15, 0.2) is 36.5 Å². The number of hydrogen-bond acceptors (Lipinski definition) is 2. The van der Waals surface area contributed by atoms with Gasteiger partial charge in [-0.2, -0.15) is 0 Å². The lowest BCUT2D eigenvalue weighted by molar-refractivity contribution is 0.950. The molecule has 2 aromatic rings. The van der Waals surface area contributed by atoms with Crippen LogP contribution in [0.5, 0.6) is 0 Å². The molecule has 0 bridgehead atoms. The molecule has 1 aromatic heterocycles. The monoisotopic (exact) mass is 209 g/mol. The Labute approximate surface area is 88.8 Å². The molecule has 0 aliphatic rings. The second-order valence-electron chi connectivity index (χ2n) is 2.81. The normalized spacial score (nSPS) is 9.50. The molecule has 0 saturated heterocycles. The van der Waals surface area contributed by atoms with E-state index in [1.807, 2.05) is 30.3 Å². The van der Waals surface area contributed by atoms with Crippen LogP contribution in [0.3, 0.4) is 0 Å². The molecule has 0 saturated carbocycles. The minimum Gasteiger partial charge on any atom is -0.341 e. The molecule has 14 heavy (non-hydrogen) atoms. The van der Waals surface area contributed by atoms with Gasteiger partial charge in [0, 0.05) is 0 Å². The highest BCUT2D eigenvalue weighted by Crippen LogP contribution is 2.15. The zero-order valence-electron chi connectivity index (χ0n) is 7.60. The van der Waals surface area contributed by atoms with Crippen molar-refractivity contribution >= 4 is 12.4 Å². The molecule has 0 amide bonds. The molecule has 74 valence electrons. The van der Waals surface area contributed by atoms with Crippen LogP contribution in [0.25, 0.3) is 11.3 Å². The molecule has 0 atom stereocenters. The summed E-state index contributed by atoms with van der Waals surface area (Å²) in [6.45, 7) is 0.451. The zero-order valence-corrected chi connectivity index (χ0v) is 8.42. The Morgan fingerprint density at radius 2 is 1.93 bits per heavy atom.